The number of anilines is 2. The molecule has 0 spiro atoms. The maximum absolute atomic E-state index is 13.9. The standard InChI is InChI=1S/C57H66ClN9O9S2/c1-35(62-54(72)47-31-43(69)33-67(47)55(73)53(57(4,5)6)63-37(3)68)45-24-19-41(52-36(2)61-34-77-52)30-48(45)76-28-13-9-12-27-59-49(70)25-26-50(71)66(7)78(74,75)44-22-20-42(21-23-44)64-56-60-32-46(58)51(65-56)40-18-14-17-39(29-40)38-15-10-8-11-16-38/h8,10-11,14-24,29-30,32,34-35,43,47,53,69H,9,12-13,25-28,31,33H2,1-7H3,(H,59,70)(H,62,72)(H,63,68)(H,60,64,65)/t35?,43-,47+,53?/m1/s1. The van der Waals surface area contributed by atoms with E-state index in [0.29, 0.717) is 64.4 Å². The molecule has 1 aliphatic heterocycles. The van der Waals surface area contributed by atoms with Crippen molar-refractivity contribution >= 4 is 74.1 Å². The SMILES string of the molecule is CC(=O)NC(C(=O)N1C[C@H](O)C[C@H]1C(=O)NC(C)c1ccc(-c2scnc2C)cc1OCCCCCNC(=O)CCC(=O)N(C)S(=O)(=O)c1ccc(Nc2ncc(Cl)c(-c3cccc(-c4ccccc4)c3)n2)cc1)C(C)(C)C. The summed E-state index contributed by atoms with van der Waals surface area (Å²) in [7, 11) is -3.08. The summed E-state index contributed by atoms with van der Waals surface area (Å²) in [5.74, 6) is -1.62. The van der Waals surface area contributed by atoms with Crippen LogP contribution in [-0.2, 0) is 34.0 Å². The minimum absolute atomic E-state index is 0.0437. The molecule has 0 saturated carbocycles. The molecule has 1 saturated heterocycles. The van der Waals surface area contributed by atoms with E-state index in [2.05, 4.69) is 36.2 Å². The fourth-order valence-corrected chi connectivity index (χ4v) is 11.1. The molecule has 412 valence electrons. The molecule has 2 aromatic heterocycles. The van der Waals surface area contributed by atoms with Crippen molar-refractivity contribution in [2.75, 3.05) is 32.1 Å². The number of halogens is 1. The van der Waals surface area contributed by atoms with Gasteiger partial charge in [0.05, 0.1) is 56.6 Å². The number of aliphatic hydroxyl groups is 1. The molecule has 3 heterocycles. The number of aryl methyl sites for hydroxylation is 1. The molecule has 6 aromatic rings. The molecule has 5 amide bonds. The van der Waals surface area contributed by atoms with Crippen molar-refractivity contribution in [3.63, 3.8) is 0 Å². The maximum atomic E-state index is 13.9. The van der Waals surface area contributed by atoms with Crippen molar-refractivity contribution in [2.45, 2.75) is 109 Å². The Balaban J connectivity index is 0.865. The summed E-state index contributed by atoms with van der Waals surface area (Å²) < 4.78 is 33.9. The van der Waals surface area contributed by atoms with Crippen molar-refractivity contribution in [3.05, 3.63) is 125 Å². The first-order valence-electron chi connectivity index (χ1n) is 25.7. The summed E-state index contributed by atoms with van der Waals surface area (Å²) in [6.45, 7) is 11.1. The number of hydrogen-bond donors (Lipinski definition) is 5. The zero-order chi connectivity index (χ0) is 56.3. The number of carbonyl (C=O) groups is 5. The number of aromatic nitrogens is 3. The Morgan fingerprint density at radius 3 is 2.29 bits per heavy atom. The summed E-state index contributed by atoms with van der Waals surface area (Å²) in [6, 6.07) is 26.8. The van der Waals surface area contributed by atoms with Crippen LogP contribution in [0.4, 0.5) is 11.6 Å². The Bertz CT molecular complexity index is 3230. The van der Waals surface area contributed by atoms with Gasteiger partial charge in [-0.05, 0) is 91.6 Å². The number of rotatable bonds is 22. The van der Waals surface area contributed by atoms with Gasteiger partial charge in [-0.25, -0.2) is 27.7 Å². The Kier molecular flexibility index (Phi) is 19.4. The van der Waals surface area contributed by atoms with Gasteiger partial charge in [0.1, 0.15) is 17.8 Å². The van der Waals surface area contributed by atoms with Gasteiger partial charge in [-0.1, -0.05) is 93.0 Å². The van der Waals surface area contributed by atoms with Crippen LogP contribution in [0.25, 0.3) is 32.8 Å². The largest absolute Gasteiger partial charge is 0.493 e. The van der Waals surface area contributed by atoms with E-state index < -0.39 is 63.3 Å². The summed E-state index contributed by atoms with van der Waals surface area (Å²) in [5.41, 5.74) is 7.40. The van der Waals surface area contributed by atoms with Gasteiger partial charge in [0, 0.05) is 63.1 Å². The van der Waals surface area contributed by atoms with Crippen LogP contribution in [0.15, 0.2) is 114 Å². The van der Waals surface area contributed by atoms with E-state index in [4.69, 9.17) is 16.3 Å². The Hall–Kier alpha value is -7.26. The monoisotopic (exact) mass is 1120 g/mol. The second kappa shape index (κ2) is 25.9. The second-order valence-electron chi connectivity index (χ2n) is 20.3. The number of sulfonamides is 1. The van der Waals surface area contributed by atoms with Crippen LogP contribution in [-0.4, -0.2) is 112 Å². The predicted octanol–water partition coefficient (Wildman–Crippen LogP) is 8.62. The fourth-order valence-electron chi connectivity index (χ4n) is 8.97. The highest BCUT2D eigenvalue weighted by Gasteiger charge is 2.44. The molecule has 7 rings (SSSR count). The average molecular weight is 1120 g/mol. The Morgan fingerprint density at radius 1 is 0.885 bits per heavy atom. The van der Waals surface area contributed by atoms with Crippen LogP contribution in [0.3, 0.4) is 0 Å². The third-order valence-electron chi connectivity index (χ3n) is 13.2. The van der Waals surface area contributed by atoms with Gasteiger partial charge in [-0.3, -0.25) is 24.0 Å². The van der Waals surface area contributed by atoms with Crippen LogP contribution in [0.1, 0.15) is 90.4 Å². The van der Waals surface area contributed by atoms with E-state index in [1.165, 1.54) is 53.6 Å². The first-order chi connectivity index (χ1) is 37.1. The number of nitrogens with one attached hydrogen (secondary N) is 4. The fraction of sp³-hybridized carbons (Fsp3) is 0.368. The number of ether oxygens (including phenoxy) is 1. The molecule has 18 nitrogen and oxygen atoms in total. The van der Waals surface area contributed by atoms with E-state index >= 15 is 0 Å². The molecule has 21 heteroatoms. The lowest BCUT2D eigenvalue weighted by atomic mass is 9.85. The van der Waals surface area contributed by atoms with E-state index in [1.54, 1.807) is 5.51 Å². The molecular formula is C57H66ClN9O9S2. The number of carbonyl (C=O) groups excluding carboxylic acids is 5. The number of benzene rings is 4. The highest BCUT2D eigenvalue weighted by atomic mass is 35.5. The van der Waals surface area contributed by atoms with Gasteiger partial charge in [0.2, 0.25) is 35.5 Å². The van der Waals surface area contributed by atoms with Gasteiger partial charge in [-0.2, -0.15) is 0 Å². The number of β-amino-alcohol motifs (C(OH)–C–C–N with tert-alkyl or cyclic N) is 1. The van der Waals surface area contributed by atoms with Crippen LogP contribution >= 0.6 is 22.9 Å². The molecular weight excluding hydrogens is 1050 g/mol. The molecule has 0 aliphatic carbocycles. The van der Waals surface area contributed by atoms with Gasteiger partial charge in [-0.15, -0.1) is 11.3 Å². The maximum Gasteiger partial charge on any atom is 0.266 e. The molecule has 78 heavy (non-hydrogen) atoms. The van der Waals surface area contributed by atoms with Crippen LogP contribution in [0.2, 0.25) is 5.02 Å². The number of unbranched alkanes of at least 4 members (excludes halogenated alkanes) is 2. The summed E-state index contributed by atoms with van der Waals surface area (Å²) in [5, 5.41) is 22.6. The zero-order valence-electron chi connectivity index (χ0n) is 44.7. The van der Waals surface area contributed by atoms with Gasteiger partial charge in [0.25, 0.3) is 10.0 Å². The van der Waals surface area contributed by atoms with Crippen molar-refractivity contribution in [2.24, 2.45) is 5.41 Å². The van der Waals surface area contributed by atoms with Gasteiger partial charge in [0.15, 0.2) is 0 Å². The molecule has 0 radical (unpaired) electrons. The van der Waals surface area contributed by atoms with Crippen LogP contribution < -0.4 is 26.0 Å². The minimum atomic E-state index is -4.24. The predicted molar refractivity (Wildman–Crippen MR) is 301 cm³/mol. The first-order valence-corrected chi connectivity index (χ1v) is 28.4. The number of likely N-dealkylation sites (tertiary alicyclic amines) is 1. The summed E-state index contributed by atoms with van der Waals surface area (Å²) in [6.07, 6.45) is 2.00. The number of thiazole rings is 1. The Morgan fingerprint density at radius 2 is 1.60 bits per heavy atom. The lowest BCUT2D eigenvalue weighted by molar-refractivity contribution is -0.144. The van der Waals surface area contributed by atoms with Crippen molar-refractivity contribution in [1.82, 2.24) is 40.1 Å². The van der Waals surface area contributed by atoms with E-state index in [9.17, 15) is 37.5 Å². The lowest BCUT2D eigenvalue weighted by Crippen LogP contribution is -2.57. The third kappa shape index (κ3) is 14.9. The first kappa shape index (κ1) is 58.4. The topological polar surface area (TPSA) is 242 Å². The lowest BCUT2D eigenvalue weighted by Gasteiger charge is -2.35. The normalized spacial score (nSPS) is 15.2. The van der Waals surface area contributed by atoms with Crippen molar-refractivity contribution in [1.29, 1.82) is 0 Å². The quantitative estimate of drug-likeness (QED) is 0.0401. The molecule has 4 atom stereocenters. The van der Waals surface area contributed by atoms with Gasteiger partial charge < -0.3 is 36.0 Å². The minimum Gasteiger partial charge on any atom is -0.493 e. The van der Waals surface area contributed by atoms with Crippen molar-refractivity contribution < 1.29 is 42.2 Å². The smallest absolute Gasteiger partial charge is 0.266 e. The molecule has 1 aliphatic rings. The second-order valence-corrected chi connectivity index (χ2v) is 23.5. The highest BCUT2D eigenvalue weighted by Crippen LogP contribution is 2.36. The number of nitrogens with zero attached hydrogens (tertiary/aromatic N) is 5. The average Bonchev–Trinajstić information content (AvgIpc) is 4.08. The van der Waals surface area contributed by atoms with E-state index in [-0.39, 0.29) is 42.6 Å². The summed E-state index contributed by atoms with van der Waals surface area (Å²) >= 11 is 8.03. The number of aliphatic hydroxyl groups excluding tert-OH is 1. The van der Waals surface area contributed by atoms with Crippen LogP contribution in [0, 0.1) is 12.3 Å². The number of amides is 5. The number of hydrogen-bond acceptors (Lipinski definition) is 14. The zero-order valence-corrected chi connectivity index (χ0v) is 47.1. The molecule has 2 unspecified atom stereocenters. The highest BCUT2D eigenvalue weighted by molar-refractivity contribution is 7.89. The van der Waals surface area contributed by atoms with Crippen LogP contribution in [0.5, 0.6) is 5.75 Å². The van der Waals surface area contributed by atoms with Crippen molar-refractivity contribution in [3.8, 4) is 38.6 Å². The molecule has 4 aromatic carbocycles. The Labute approximate surface area is 464 Å². The third-order valence-corrected chi connectivity index (χ3v) is 16.3. The van der Waals surface area contributed by atoms with E-state index in [1.807, 2.05) is 107 Å². The van der Waals surface area contributed by atoms with Gasteiger partial charge >= 0.3 is 0 Å². The molecule has 0 bridgehead atoms. The molecule has 1 fully saturated rings. The van der Waals surface area contributed by atoms with E-state index in [0.717, 1.165) is 39.9 Å². The molecule has 5 N–H and O–H groups in total. The summed E-state index contributed by atoms with van der Waals surface area (Å²) in [4.78, 5) is 81.1.